The third-order valence-electron chi connectivity index (χ3n) is 3.50. The van der Waals surface area contributed by atoms with E-state index in [2.05, 4.69) is 26.3 Å². The van der Waals surface area contributed by atoms with Crippen molar-refractivity contribution < 1.29 is 4.74 Å². The van der Waals surface area contributed by atoms with Crippen molar-refractivity contribution in [2.24, 2.45) is 0 Å². The minimum absolute atomic E-state index is 0.408. The van der Waals surface area contributed by atoms with E-state index in [4.69, 9.17) is 4.74 Å². The summed E-state index contributed by atoms with van der Waals surface area (Å²) in [5.74, 6) is 0.960. The van der Waals surface area contributed by atoms with Gasteiger partial charge in [-0.1, -0.05) is 0 Å². The van der Waals surface area contributed by atoms with Crippen molar-refractivity contribution in [2.75, 3.05) is 19.7 Å². The van der Waals surface area contributed by atoms with Crippen molar-refractivity contribution in [1.29, 1.82) is 0 Å². The number of hydrogen-bond donors (Lipinski definition) is 2. The fraction of sp³-hybridized carbons (Fsp3) is 0.571. The van der Waals surface area contributed by atoms with Gasteiger partial charge in [0.15, 0.2) is 5.65 Å². The number of imidazole rings is 1. The quantitative estimate of drug-likeness (QED) is 0.876. The number of fused-ring (bicyclic) bond motifs is 1. The van der Waals surface area contributed by atoms with Crippen LogP contribution in [0.4, 0.5) is 0 Å². The van der Waals surface area contributed by atoms with Gasteiger partial charge in [-0.2, -0.15) is 0 Å². The maximum atomic E-state index is 5.89. The molecule has 0 bridgehead atoms. The molecule has 0 amide bonds. The molecule has 2 aromatic rings. The van der Waals surface area contributed by atoms with E-state index in [-0.39, 0.29) is 0 Å². The standard InChI is InChI=1S/C14H20N4O/c1-10-8-12-14(16-9-10)18-13(17-12)4-7-19-11-2-5-15-6-3-11/h8-9,11,15H,2-7H2,1H3,(H,16,17,18). The van der Waals surface area contributed by atoms with Crippen LogP contribution in [-0.4, -0.2) is 40.8 Å². The van der Waals surface area contributed by atoms with Crippen LogP contribution >= 0.6 is 0 Å². The Hall–Kier alpha value is -1.46. The Morgan fingerprint density at radius 2 is 2.21 bits per heavy atom. The van der Waals surface area contributed by atoms with Gasteiger partial charge in [0, 0.05) is 12.6 Å². The fourth-order valence-corrected chi connectivity index (χ4v) is 2.46. The molecule has 102 valence electrons. The Bertz CT molecular complexity index is 545. The molecular formula is C14H20N4O. The van der Waals surface area contributed by atoms with E-state index in [0.29, 0.717) is 6.10 Å². The molecule has 0 saturated carbocycles. The van der Waals surface area contributed by atoms with Crippen LogP contribution in [0.15, 0.2) is 12.3 Å². The van der Waals surface area contributed by atoms with Gasteiger partial charge >= 0.3 is 0 Å². The maximum absolute atomic E-state index is 5.89. The van der Waals surface area contributed by atoms with Crippen LogP contribution in [0, 0.1) is 6.92 Å². The first-order valence-corrected chi connectivity index (χ1v) is 6.95. The van der Waals surface area contributed by atoms with Crippen molar-refractivity contribution in [3.63, 3.8) is 0 Å². The predicted molar refractivity (Wildman–Crippen MR) is 74.2 cm³/mol. The molecule has 1 aliphatic rings. The Kier molecular flexibility index (Phi) is 3.75. The number of piperidine rings is 1. The summed E-state index contributed by atoms with van der Waals surface area (Å²) in [6, 6.07) is 2.08. The first kappa shape index (κ1) is 12.6. The van der Waals surface area contributed by atoms with Gasteiger partial charge in [-0.3, -0.25) is 0 Å². The highest BCUT2D eigenvalue weighted by molar-refractivity contribution is 5.70. The molecule has 2 aromatic heterocycles. The molecule has 0 atom stereocenters. The smallest absolute Gasteiger partial charge is 0.177 e. The zero-order chi connectivity index (χ0) is 13.1. The Balaban J connectivity index is 1.56. The van der Waals surface area contributed by atoms with E-state index < -0.39 is 0 Å². The largest absolute Gasteiger partial charge is 0.378 e. The molecule has 3 heterocycles. The number of nitrogens with zero attached hydrogens (tertiary/aromatic N) is 2. The topological polar surface area (TPSA) is 62.8 Å². The minimum Gasteiger partial charge on any atom is -0.378 e. The third-order valence-corrected chi connectivity index (χ3v) is 3.50. The number of ether oxygens (including phenoxy) is 1. The number of aromatic nitrogens is 3. The van der Waals surface area contributed by atoms with Crippen LogP contribution in [0.25, 0.3) is 11.2 Å². The van der Waals surface area contributed by atoms with Gasteiger partial charge in [-0.25, -0.2) is 9.97 Å². The van der Waals surface area contributed by atoms with Crippen LogP contribution in [0.3, 0.4) is 0 Å². The SMILES string of the molecule is Cc1cnc2nc(CCOC3CCNCC3)[nH]c2c1. The van der Waals surface area contributed by atoms with Crippen molar-refractivity contribution >= 4 is 11.2 Å². The molecule has 3 rings (SSSR count). The number of rotatable bonds is 4. The van der Waals surface area contributed by atoms with Crippen LogP contribution in [-0.2, 0) is 11.2 Å². The van der Waals surface area contributed by atoms with E-state index in [1.54, 1.807) is 0 Å². The molecule has 0 aromatic carbocycles. The van der Waals surface area contributed by atoms with Gasteiger partial charge in [-0.15, -0.1) is 0 Å². The first-order chi connectivity index (χ1) is 9.31. The first-order valence-electron chi connectivity index (χ1n) is 6.95. The molecule has 0 spiro atoms. The average molecular weight is 260 g/mol. The van der Waals surface area contributed by atoms with E-state index in [1.165, 1.54) is 0 Å². The zero-order valence-corrected chi connectivity index (χ0v) is 11.3. The molecule has 1 saturated heterocycles. The molecule has 19 heavy (non-hydrogen) atoms. The van der Waals surface area contributed by atoms with Crippen LogP contribution in [0.2, 0.25) is 0 Å². The molecule has 5 heteroatoms. The second kappa shape index (κ2) is 5.67. The molecular weight excluding hydrogens is 240 g/mol. The van der Waals surface area contributed by atoms with Crippen LogP contribution < -0.4 is 5.32 Å². The van der Waals surface area contributed by atoms with Crippen molar-refractivity contribution in [1.82, 2.24) is 20.3 Å². The molecule has 0 aliphatic carbocycles. The maximum Gasteiger partial charge on any atom is 0.177 e. The van der Waals surface area contributed by atoms with Crippen molar-refractivity contribution in [3.05, 3.63) is 23.7 Å². The normalized spacial score (nSPS) is 17.1. The summed E-state index contributed by atoms with van der Waals surface area (Å²) in [4.78, 5) is 12.1. The van der Waals surface area contributed by atoms with Gasteiger partial charge in [0.2, 0.25) is 0 Å². The molecule has 0 radical (unpaired) electrons. The Labute approximate surface area is 112 Å². The monoisotopic (exact) mass is 260 g/mol. The third kappa shape index (κ3) is 3.11. The van der Waals surface area contributed by atoms with Crippen molar-refractivity contribution in [2.45, 2.75) is 32.3 Å². The summed E-state index contributed by atoms with van der Waals surface area (Å²) in [6.45, 7) is 4.90. The van der Waals surface area contributed by atoms with E-state index in [1.807, 2.05) is 13.1 Å². The second-order valence-electron chi connectivity index (χ2n) is 5.14. The van der Waals surface area contributed by atoms with E-state index in [9.17, 15) is 0 Å². The summed E-state index contributed by atoms with van der Waals surface area (Å²) >= 11 is 0. The van der Waals surface area contributed by atoms with E-state index in [0.717, 1.165) is 61.5 Å². The summed E-state index contributed by atoms with van der Waals surface area (Å²) in [5, 5.41) is 3.34. The summed E-state index contributed by atoms with van der Waals surface area (Å²) in [7, 11) is 0. The molecule has 0 unspecified atom stereocenters. The number of aryl methyl sites for hydroxylation is 1. The number of nitrogens with one attached hydrogen (secondary N) is 2. The van der Waals surface area contributed by atoms with Gasteiger partial charge in [0.25, 0.3) is 0 Å². The van der Waals surface area contributed by atoms with Gasteiger partial charge < -0.3 is 15.0 Å². The number of aromatic amines is 1. The predicted octanol–water partition coefficient (Wildman–Crippen LogP) is 1.58. The molecule has 1 aliphatic heterocycles. The fourth-order valence-electron chi connectivity index (χ4n) is 2.46. The lowest BCUT2D eigenvalue weighted by molar-refractivity contribution is 0.0343. The van der Waals surface area contributed by atoms with Crippen LogP contribution in [0.5, 0.6) is 0 Å². The number of H-pyrrole nitrogens is 1. The lowest BCUT2D eigenvalue weighted by Gasteiger charge is -2.22. The Morgan fingerprint density at radius 3 is 3.05 bits per heavy atom. The average Bonchev–Trinajstić information content (AvgIpc) is 2.82. The molecule has 1 fully saturated rings. The number of pyridine rings is 1. The minimum atomic E-state index is 0.408. The highest BCUT2D eigenvalue weighted by atomic mass is 16.5. The lowest BCUT2D eigenvalue weighted by atomic mass is 10.1. The lowest BCUT2D eigenvalue weighted by Crippen LogP contribution is -2.32. The zero-order valence-electron chi connectivity index (χ0n) is 11.3. The molecule has 2 N–H and O–H groups in total. The second-order valence-corrected chi connectivity index (χ2v) is 5.14. The summed E-state index contributed by atoms with van der Waals surface area (Å²) in [5.41, 5.74) is 2.95. The van der Waals surface area contributed by atoms with E-state index >= 15 is 0 Å². The van der Waals surface area contributed by atoms with Crippen molar-refractivity contribution in [3.8, 4) is 0 Å². The summed E-state index contributed by atoms with van der Waals surface area (Å²) < 4.78 is 5.89. The molecule has 5 nitrogen and oxygen atoms in total. The van der Waals surface area contributed by atoms with Gasteiger partial charge in [-0.05, 0) is 44.5 Å². The highest BCUT2D eigenvalue weighted by Gasteiger charge is 2.13. The number of hydrogen-bond acceptors (Lipinski definition) is 4. The van der Waals surface area contributed by atoms with Crippen LogP contribution in [0.1, 0.15) is 24.2 Å². The Morgan fingerprint density at radius 1 is 1.37 bits per heavy atom. The van der Waals surface area contributed by atoms with Gasteiger partial charge in [0.05, 0.1) is 18.2 Å². The highest BCUT2D eigenvalue weighted by Crippen LogP contribution is 2.12. The van der Waals surface area contributed by atoms with Gasteiger partial charge in [0.1, 0.15) is 5.82 Å². The summed E-state index contributed by atoms with van der Waals surface area (Å²) in [6.07, 6.45) is 5.30.